The van der Waals surface area contributed by atoms with Crippen LogP contribution < -0.4 is 5.32 Å². The van der Waals surface area contributed by atoms with E-state index in [1.54, 1.807) is 11.8 Å². The number of aromatic nitrogens is 2. The molecular weight excluding hydrogens is 242 g/mol. The van der Waals surface area contributed by atoms with E-state index in [1.165, 1.54) is 4.90 Å². The molecule has 3 nitrogen and oxygen atoms in total. The van der Waals surface area contributed by atoms with Gasteiger partial charge in [-0.1, -0.05) is 25.1 Å². The van der Waals surface area contributed by atoms with Crippen molar-refractivity contribution in [1.82, 2.24) is 15.3 Å². The van der Waals surface area contributed by atoms with E-state index in [0.29, 0.717) is 0 Å². The lowest BCUT2D eigenvalue weighted by Crippen LogP contribution is -2.13. The van der Waals surface area contributed by atoms with E-state index in [2.05, 4.69) is 46.5 Å². The Morgan fingerprint density at radius 3 is 2.89 bits per heavy atom. The maximum absolute atomic E-state index is 4.39. The molecule has 0 atom stereocenters. The van der Waals surface area contributed by atoms with Gasteiger partial charge in [-0.2, -0.15) is 0 Å². The van der Waals surface area contributed by atoms with Crippen molar-refractivity contribution in [2.45, 2.75) is 30.5 Å². The molecule has 2 aromatic rings. The summed E-state index contributed by atoms with van der Waals surface area (Å²) in [7, 11) is 0. The van der Waals surface area contributed by atoms with Crippen molar-refractivity contribution in [1.29, 1.82) is 0 Å². The van der Waals surface area contributed by atoms with Crippen LogP contribution in [-0.2, 0) is 12.3 Å². The minimum atomic E-state index is 0.872. The highest BCUT2D eigenvalue weighted by molar-refractivity contribution is 7.98. The third-order valence-corrected chi connectivity index (χ3v) is 3.57. The number of benzene rings is 1. The number of aromatic amines is 1. The molecule has 0 spiro atoms. The Balaban J connectivity index is 1.80. The van der Waals surface area contributed by atoms with Gasteiger partial charge in [-0.15, -0.1) is 11.8 Å². The Morgan fingerprint density at radius 2 is 2.11 bits per heavy atom. The van der Waals surface area contributed by atoms with Gasteiger partial charge in [0, 0.05) is 23.3 Å². The third-order valence-electron chi connectivity index (χ3n) is 2.54. The summed E-state index contributed by atoms with van der Waals surface area (Å²) in [5.41, 5.74) is 1.16. The van der Waals surface area contributed by atoms with Crippen LogP contribution in [-0.4, -0.2) is 16.5 Å². The predicted molar refractivity (Wildman–Crippen MR) is 76.6 cm³/mol. The van der Waals surface area contributed by atoms with E-state index in [4.69, 9.17) is 0 Å². The molecule has 0 aliphatic heterocycles. The number of imidazole rings is 1. The Kier molecular flexibility index (Phi) is 5.30. The standard InChI is InChI=1S/C14H19N3S/c1-2-8-15-9-12-10-16-14(17-12)11-18-13-6-4-3-5-7-13/h3-7,10,15H,2,8-9,11H2,1H3,(H,16,17). The minimum Gasteiger partial charge on any atom is -0.344 e. The number of thioether (sulfide) groups is 1. The molecule has 0 aliphatic carbocycles. The molecule has 0 bridgehead atoms. The second-order valence-electron chi connectivity index (χ2n) is 4.13. The van der Waals surface area contributed by atoms with Gasteiger partial charge in [0.05, 0.1) is 5.75 Å². The van der Waals surface area contributed by atoms with Gasteiger partial charge in [0.2, 0.25) is 0 Å². The van der Waals surface area contributed by atoms with Gasteiger partial charge >= 0.3 is 0 Å². The molecule has 0 radical (unpaired) electrons. The summed E-state index contributed by atoms with van der Waals surface area (Å²) in [5, 5.41) is 3.36. The van der Waals surface area contributed by atoms with E-state index in [1.807, 2.05) is 12.3 Å². The summed E-state index contributed by atoms with van der Waals surface area (Å²) in [5.74, 6) is 1.93. The van der Waals surface area contributed by atoms with E-state index in [9.17, 15) is 0 Å². The van der Waals surface area contributed by atoms with Crippen molar-refractivity contribution in [3.05, 3.63) is 48.0 Å². The zero-order valence-corrected chi connectivity index (χ0v) is 11.5. The quantitative estimate of drug-likeness (QED) is 0.594. The fourth-order valence-electron chi connectivity index (χ4n) is 1.64. The summed E-state index contributed by atoms with van der Waals surface area (Å²) in [6, 6.07) is 10.4. The zero-order valence-electron chi connectivity index (χ0n) is 10.6. The zero-order chi connectivity index (χ0) is 12.6. The second kappa shape index (κ2) is 7.24. The van der Waals surface area contributed by atoms with Crippen molar-refractivity contribution in [2.75, 3.05) is 6.54 Å². The van der Waals surface area contributed by atoms with Crippen molar-refractivity contribution in [2.24, 2.45) is 0 Å². The topological polar surface area (TPSA) is 40.7 Å². The number of H-pyrrole nitrogens is 1. The largest absolute Gasteiger partial charge is 0.344 e. The van der Waals surface area contributed by atoms with E-state index in [0.717, 1.165) is 36.8 Å². The lowest BCUT2D eigenvalue weighted by atomic mass is 10.4. The predicted octanol–water partition coefficient (Wildman–Crippen LogP) is 3.20. The highest BCUT2D eigenvalue weighted by Gasteiger charge is 2.01. The Bertz CT molecular complexity index is 453. The molecule has 0 unspecified atom stereocenters. The first-order valence-corrected chi connectivity index (χ1v) is 7.28. The molecule has 2 rings (SSSR count). The molecule has 0 fully saturated rings. The minimum absolute atomic E-state index is 0.872. The number of rotatable bonds is 7. The van der Waals surface area contributed by atoms with Crippen molar-refractivity contribution in [3.63, 3.8) is 0 Å². The summed E-state index contributed by atoms with van der Waals surface area (Å²) in [6.45, 7) is 4.09. The summed E-state index contributed by atoms with van der Waals surface area (Å²) in [4.78, 5) is 9.02. The third kappa shape index (κ3) is 4.20. The van der Waals surface area contributed by atoms with Crippen LogP contribution in [0.2, 0.25) is 0 Å². The maximum atomic E-state index is 4.39. The molecule has 0 aliphatic rings. The first kappa shape index (κ1) is 13.2. The SMILES string of the molecule is CCCNCc1cnc(CSc2ccccc2)[nH]1. The lowest BCUT2D eigenvalue weighted by Gasteiger charge is -2.00. The lowest BCUT2D eigenvalue weighted by molar-refractivity contribution is 0.666. The van der Waals surface area contributed by atoms with Gasteiger partial charge < -0.3 is 10.3 Å². The van der Waals surface area contributed by atoms with E-state index in [-0.39, 0.29) is 0 Å². The molecular formula is C14H19N3S. The normalized spacial score (nSPS) is 10.7. The molecule has 1 heterocycles. The molecule has 18 heavy (non-hydrogen) atoms. The maximum Gasteiger partial charge on any atom is 0.116 e. The van der Waals surface area contributed by atoms with Crippen molar-refractivity contribution in [3.8, 4) is 0 Å². The number of nitrogens with one attached hydrogen (secondary N) is 2. The monoisotopic (exact) mass is 261 g/mol. The first-order chi connectivity index (χ1) is 8.88. The fraction of sp³-hybridized carbons (Fsp3) is 0.357. The van der Waals surface area contributed by atoms with E-state index < -0.39 is 0 Å². The van der Waals surface area contributed by atoms with Crippen LogP contribution in [0.25, 0.3) is 0 Å². The molecule has 1 aromatic heterocycles. The summed E-state index contributed by atoms with van der Waals surface area (Å²) in [6.07, 6.45) is 3.08. The van der Waals surface area contributed by atoms with Crippen LogP contribution in [0, 0.1) is 0 Å². The molecule has 96 valence electrons. The van der Waals surface area contributed by atoms with Crippen LogP contribution in [0.3, 0.4) is 0 Å². The molecule has 1 aromatic carbocycles. The molecule has 2 N–H and O–H groups in total. The number of hydrogen-bond acceptors (Lipinski definition) is 3. The molecule has 0 saturated carbocycles. The highest BCUT2D eigenvalue weighted by atomic mass is 32.2. The Labute approximate surface area is 112 Å². The summed E-state index contributed by atoms with van der Waals surface area (Å²) < 4.78 is 0. The van der Waals surface area contributed by atoms with Gasteiger partial charge in [0.1, 0.15) is 5.82 Å². The first-order valence-electron chi connectivity index (χ1n) is 6.30. The number of nitrogens with zero attached hydrogens (tertiary/aromatic N) is 1. The molecule has 0 saturated heterocycles. The van der Waals surface area contributed by atoms with E-state index >= 15 is 0 Å². The van der Waals surface area contributed by atoms with Crippen LogP contribution in [0.4, 0.5) is 0 Å². The van der Waals surface area contributed by atoms with Gasteiger partial charge in [0.25, 0.3) is 0 Å². The second-order valence-corrected chi connectivity index (χ2v) is 5.18. The summed E-state index contributed by atoms with van der Waals surface area (Å²) >= 11 is 1.80. The van der Waals surface area contributed by atoms with Gasteiger partial charge in [-0.25, -0.2) is 4.98 Å². The van der Waals surface area contributed by atoms with Crippen molar-refractivity contribution < 1.29 is 0 Å². The van der Waals surface area contributed by atoms with Crippen LogP contribution >= 0.6 is 11.8 Å². The fourth-order valence-corrected chi connectivity index (χ4v) is 2.44. The van der Waals surface area contributed by atoms with Crippen LogP contribution in [0.15, 0.2) is 41.4 Å². The average molecular weight is 261 g/mol. The Hall–Kier alpha value is -1.26. The van der Waals surface area contributed by atoms with Crippen LogP contribution in [0.1, 0.15) is 24.9 Å². The molecule has 4 heteroatoms. The molecule has 0 amide bonds. The van der Waals surface area contributed by atoms with Crippen molar-refractivity contribution >= 4 is 11.8 Å². The average Bonchev–Trinajstić information content (AvgIpc) is 2.86. The van der Waals surface area contributed by atoms with Gasteiger partial charge in [0.15, 0.2) is 0 Å². The number of hydrogen-bond donors (Lipinski definition) is 2. The van der Waals surface area contributed by atoms with Gasteiger partial charge in [-0.3, -0.25) is 0 Å². The van der Waals surface area contributed by atoms with Gasteiger partial charge in [-0.05, 0) is 25.1 Å². The highest BCUT2D eigenvalue weighted by Crippen LogP contribution is 2.20. The van der Waals surface area contributed by atoms with Crippen LogP contribution in [0.5, 0.6) is 0 Å². The smallest absolute Gasteiger partial charge is 0.116 e. The Morgan fingerprint density at radius 1 is 1.28 bits per heavy atom.